The summed E-state index contributed by atoms with van der Waals surface area (Å²) in [6.07, 6.45) is 6.52. The molecular weight excluding hydrogens is 1500 g/mol. The summed E-state index contributed by atoms with van der Waals surface area (Å²) in [4.78, 5) is 173. The SMILES string of the molecule is C[C@@H]1NC(=O)[C@H]2CCCN2C(=O)[C@H](CCCN=C(N)N)NC(=O)[C@H](CCCCN)NC(=O)[C@H](CCCCN)NC1=O.Cc1c(C)c(S(=O)(=O)NC(N)=NCCC[C@@H]2NC(=O)[C@H](CCCCNC(=O)OC(C)(C)C)NC(=O)[C@H](CCCCNC(=O)OC(C)(C)C)NC(=O)[C@H](C)NC(=O)[C@H]3CCCN3C2=O)c(C)c2c1CC(C)(C)O2.O. The Labute approximate surface area is 669 Å². The first-order valence-electron chi connectivity index (χ1n) is 39.6. The first-order chi connectivity index (χ1) is 53.0. The number of nitrogens with zero attached hydrogens (tertiary/aromatic N) is 4. The number of nitrogens with two attached hydrogens (primary N) is 5. The van der Waals surface area contributed by atoms with E-state index in [0.717, 1.165) is 11.1 Å². The van der Waals surface area contributed by atoms with Crippen molar-refractivity contribution in [3.05, 3.63) is 22.3 Å². The van der Waals surface area contributed by atoms with Crippen molar-refractivity contribution >= 4 is 93.2 Å². The number of ether oxygens (including phenoxy) is 3. The summed E-state index contributed by atoms with van der Waals surface area (Å²) in [5, 5.41) is 27.3. The fraction of sp³-hybridized carbons (Fsp3) is 0.733. The highest BCUT2D eigenvalue weighted by atomic mass is 32.2. The second kappa shape index (κ2) is 45.1. The Hall–Kier alpha value is -9.37. The van der Waals surface area contributed by atoms with Crippen LogP contribution < -0.4 is 91.3 Å². The number of sulfonamides is 1. The molecule has 5 heterocycles. The van der Waals surface area contributed by atoms with Gasteiger partial charge in [0.25, 0.3) is 10.0 Å². The van der Waals surface area contributed by atoms with Crippen molar-refractivity contribution in [3.8, 4) is 5.75 Å². The van der Waals surface area contributed by atoms with Crippen LogP contribution in [0.1, 0.15) is 220 Å². The molecule has 0 radical (unpaired) electrons. The number of fused-ring (bicyclic) bond motifs is 3. The van der Waals surface area contributed by atoms with Crippen LogP contribution in [0.3, 0.4) is 0 Å². The third kappa shape index (κ3) is 30.8. The van der Waals surface area contributed by atoms with E-state index >= 15 is 0 Å². The summed E-state index contributed by atoms with van der Waals surface area (Å²) in [6, 6.07) is -10.3. The summed E-state index contributed by atoms with van der Waals surface area (Å²) in [7, 11) is -4.23. The van der Waals surface area contributed by atoms with E-state index in [1.54, 1.807) is 55.4 Å². The Bertz CT molecular complexity index is 3690. The van der Waals surface area contributed by atoms with Gasteiger partial charge in [0.05, 0.1) is 4.90 Å². The van der Waals surface area contributed by atoms with Crippen LogP contribution >= 0.6 is 0 Å². The minimum absolute atomic E-state index is 0. The average molecular weight is 1630 g/mol. The lowest BCUT2D eigenvalue weighted by Crippen LogP contribution is -2.57. The molecule has 10 atom stereocenters. The van der Waals surface area contributed by atoms with Crippen LogP contribution in [-0.2, 0) is 73.9 Å². The molecule has 23 N–H and O–H groups in total. The maximum absolute atomic E-state index is 14.5. The number of unbranched alkanes of at least 4 members (excludes halogenated alkanes) is 4. The average Bonchev–Trinajstić information content (AvgIpc) is 1.53. The Morgan fingerprint density at radius 3 is 1.25 bits per heavy atom. The number of aliphatic imine (C=N–C) groups is 2. The molecule has 5 aliphatic heterocycles. The van der Waals surface area contributed by atoms with E-state index in [0.29, 0.717) is 133 Å². The highest BCUT2D eigenvalue weighted by Crippen LogP contribution is 2.44. The highest BCUT2D eigenvalue weighted by Gasteiger charge is 2.43. The van der Waals surface area contributed by atoms with Crippen LogP contribution in [0.15, 0.2) is 14.9 Å². The summed E-state index contributed by atoms with van der Waals surface area (Å²) in [6.45, 7) is 24.5. The predicted molar refractivity (Wildman–Crippen MR) is 427 cm³/mol. The minimum Gasteiger partial charge on any atom is -0.487 e. The molecule has 0 bridgehead atoms. The summed E-state index contributed by atoms with van der Waals surface area (Å²) >= 11 is 0. The van der Waals surface area contributed by atoms with Gasteiger partial charge in [-0.05, 0) is 243 Å². The molecule has 1 aromatic carbocycles. The van der Waals surface area contributed by atoms with Gasteiger partial charge in [-0.25, -0.2) is 22.7 Å². The Morgan fingerprint density at radius 1 is 0.509 bits per heavy atom. The van der Waals surface area contributed by atoms with E-state index in [2.05, 4.69) is 67.9 Å². The molecular formula is C75H130N20O18S. The molecule has 4 fully saturated rings. The van der Waals surface area contributed by atoms with E-state index in [1.807, 2.05) is 20.8 Å². The second-order valence-corrected chi connectivity index (χ2v) is 33.8. The molecule has 114 heavy (non-hydrogen) atoms. The molecule has 5 aliphatic rings. The van der Waals surface area contributed by atoms with Crippen molar-refractivity contribution in [2.75, 3.05) is 52.4 Å². The molecule has 38 nitrogen and oxygen atoms in total. The second-order valence-electron chi connectivity index (χ2n) is 32.1. The van der Waals surface area contributed by atoms with E-state index in [4.69, 9.17) is 42.9 Å². The van der Waals surface area contributed by atoms with Gasteiger partial charge in [-0.15, -0.1) is 0 Å². The number of nitrogens with one attached hydrogen (secondary N) is 11. The normalized spacial score (nSPS) is 23.4. The zero-order chi connectivity index (χ0) is 84.3. The lowest BCUT2D eigenvalue weighted by molar-refractivity contribution is -0.142. The fourth-order valence-electron chi connectivity index (χ4n) is 13.9. The molecule has 0 aliphatic carbocycles. The number of alkyl carbamates (subject to hydrolysis) is 2. The molecule has 4 saturated heterocycles. The van der Waals surface area contributed by atoms with Crippen LogP contribution in [-0.4, -0.2) is 236 Å². The van der Waals surface area contributed by atoms with Gasteiger partial charge in [0.15, 0.2) is 5.96 Å². The largest absolute Gasteiger partial charge is 0.487 e. The van der Waals surface area contributed by atoms with Crippen molar-refractivity contribution in [1.82, 2.24) is 67.7 Å². The number of guanidine groups is 2. The van der Waals surface area contributed by atoms with Crippen LogP contribution in [0.25, 0.3) is 0 Å². The van der Waals surface area contributed by atoms with Gasteiger partial charge in [0, 0.05) is 56.8 Å². The van der Waals surface area contributed by atoms with Gasteiger partial charge in [0.1, 0.15) is 83.0 Å². The Kier molecular flexibility index (Phi) is 38.3. The fourth-order valence-corrected chi connectivity index (χ4v) is 15.4. The van der Waals surface area contributed by atoms with Gasteiger partial charge in [-0.1, -0.05) is 0 Å². The first kappa shape index (κ1) is 97.0. The monoisotopic (exact) mass is 1630 g/mol. The summed E-state index contributed by atoms with van der Waals surface area (Å²) in [5.41, 5.74) is 29.1. The number of benzene rings is 1. The quantitative estimate of drug-likeness (QED) is 0.0285. The van der Waals surface area contributed by atoms with Crippen LogP contribution in [0.2, 0.25) is 0 Å². The summed E-state index contributed by atoms with van der Waals surface area (Å²) in [5.74, 6) is -5.68. The summed E-state index contributed by atoms with van der Waals surface area (Å²) < 4.78 is 46.8. The van der Waals surface area contributed by atoms with Crippen molar-refractivity contribution in [2.45, 2.75) is 307 Å². The van der Waals surface area contributed by atoms with E-state index in [1.165, 1.54) is 23.6 Å². The van der Waals surface area contributed by atoms with Gasteiger partial charge < -0.3 is 111 Å². The van der Waals surface area contributed by atoms with Crippen molar-refractivity contribution in [3.63, 3.8) is 0 Å². The van der Waals surface area contributed by atoms with E-state index in [-0.39, 0.29) is 87.6 Å². The lowest BCUT2D eigenvalue weighted by atomic mass is 9.93. The van der Waals surface area contributed by atoms with Crippen LogP contribution in [0.4, 0.5) is 9.59 Å². The highest BCUT2D eigenvalue weighted by molar-refractivity contribution is 7.90. The standard InChI is InChI=1S/C49H80N10O12S.C26H48N10O5.H2O/c1-28-29(2)38(30(3)37-32(28)27-49(11,12)69-37)72(67,68)58-44(50)51-25-17-21-35-43(64)59-26-18-22-36(59)42(63)54-31(4)39(60)55-33(19-13-15-23-52-45(65)70-47(5,6)7)40(61)56-34(41(62)57-35)20-14-16-24-53-46(66)71-48(8,9)10;1-16-21(37)33-17(8-2-4-12-27)22(38)34-18(9-3-5-13-28)23(39)35-19(10-6-14-31-26(29)30)25(41)36-15-7-11-20(36)24(40)32-16;/h31,33-36H,13-27H2,1-12H3,(H,52,65)(H,53,66)(H,54,63)(H,55,60)(H,56,61)(H,57,62)(H3,50,51,58);16-20H,2-15,27-28H2,1H3,(H,32,40)(H,33,37)(H,34,38)(H,35,39)(H4,29,30,31);1H2/t31-,33-,34-,35-,36+;16-,17-,18-,19-,20+;/m00./s1. The van der Waals surface area contributed by atoms with E-state index < -0.39 is 164 Å². The Morgan fingerprint density at radius 2 is 0.868 bits per heavy atom. The van der Waals surface area contributed by atoms with Gasteiger partial charge >= 0.3 is 12.2 Å². The molecule has 644 valence electrons. The number of carbonyl (C=O) groups excluding carboxylic acids is 12. The maximum Gasteiger partial charge on any atom is 0.407 e. The van der Waals surface area contributed by atoms with Crippen LogP contribution in [0.5, 0.6) is 5.75 Å². The third-order valence-corrected chi connectivity index (χ3v) is 21.3. The Balaban J connectivity index is 0.000000552. The first-order valence-corrected chi connectivity index (χ1v) is 41.0. The molecule has 1 aromatic rings. The third-order valence-electron chi connectivity index (χ3n) is 19.7. The van der Waals surface area contributed by atoms with Crippen molar-refractivity contribution in [1.29, 1.82) is 0 Å². The van der Waals surface area contributed by atoms with Crippen LogP contribution in [0, 0.1) is 20.8 Å². The van der Waals surface area contributed by atoms with Crippen molar-refractivity contribution in [2.24, 2.45) is 38.7 Å². The number of hydrogen-bond acceptors (Lipinski definition) is 21. The molecule has 0 saturated carbocycles. The van der Waals surface area contributed by atoms with Gasteiger partial charge in [-0.2, -0.15) is 0 Å². The predicted octanol–water partition coefficient (Wildman–Crippen LogP) is -0.511. The van der Waals surface area contributed by atoms with Gasteiger partial charge in [-0.3, -0.25) is 57.9 Å². The topological polar surface area (TPSA) is 592 Å². The maximum atomic E-state index is 14.5. The minimum atomic E-state index is -4.23. The molecule has 39 heteroatoms. The number of carbonyl (C=O) groups is 12. The molecule has 6 rings (SSSR count). The molecule has 0 spiro atoms. The molecule has 0 unspecified atom stereocenters. The zero-order valence-corrected chi connectivity index (χ0v) is 69.6. The number of rotatable bonds is 28. The molecule has 12 amide bonds. The van der Waals surface area contributed by atoms with Crippen molar-refractivity contribution < 1.29 is 85.6 Å². The van der Waals surface area contributed by atoms with Gasteiger partial charge in [0.2, 0.25) is 65.0 Å². The van der Waals surface area contributed by atoms with E-state index in [9.17, 15) is 66.0 Å². The smallest absolute Gasteiger partial charge is 0.407 e. The zero-order valence-electron chi connectivity index (χ0n) is 68.8. The number of hydrogen-bond donors (Lipinski definition) is 16. The number of amides is 12. The lowest BCUT2D eigenvalue weighted by Gasteiger charge is -2.30. The molecule has 0 aromatic heterocycles.